The summed E-state index contributed by atoms with van der Waals surface area (Å²) in [4.78, 5) is 25.2. The molecule has 0 radical (unpaired) electrons. The summed E-state index contributed by atoms with van der Waals surface area (Å²) in [5.41, 5.74) is 0.983. The fourth-order valence-corrected chi connectivity index (χ4v) is 2.90. The Morgan fingerprint density at radius 3 is 2.52 bits per heavy atom. The predicted octanol–water partition coefficient (Wildman–Crippen LogP) is 4.70. The predicted molar refractivity (Wildman–Crippen MR) is 97.1 cm³/mol. The summed E-state index contributed by atoms with van der Waals surface area (Å²) in [6.07, 6.45) is 0.902. The lowest BCUT2D eigenvalue weighted by Crippen LogP contribution is -2.27. The van der Waals surface area contributed by atoms with Crippen LogP contribution in [0.3, 0.4) is 0 Å². The van der Waals surface area contributed by atoms with Crippen LogP contribution < -0.4 is 10.1 Å². The molecule has 10 heteroatoms. The Bertz CT molecular complexity index is 955. The number of carbonyl (C=O) groups is 1. The molecule has 3 rings (SSSR count). The molecule has 1 amide bonds. The van der Waals surface area contributed by atoms with E-state index >= 15 is 0 Å². The number of alkyl halides is 2. The van der Waals surface area contributed by atoms with Gasteiger partial charge in [-0.1, -0.05) is 11.3 Å². The normalized spacial score (nSPS) is 11.6. The largest absolute Gasteiger partial charge is 0.444 e. The van der Waals surface area contributed by atoms with Crippen LogP contribution in [0.2, 0.25) is 0 Å². The number of thiazole rings is 1. The number of amides is 1. The SMILES string of the molecule is CC(C)(C)OC(=O)Nc1nc2ncc(-c3ccc(OC(F)F)cc3)nc2s1. The van der Waals surface area contributed by atoms with E-state index in [-0.39, 0.29) is 5.75 Å². The summed E-state index contributed by atoms with van der Waals surface area (Å²) < 4.78 is 33.9. The number of anilines is 1. The number of rotatable bonds is 4. The van der Waals surface area contributed by atoms with Crippen molar-refractivity contribution >= 4 is 33.0 Å². The quantitative estimate of drug-likeness (QED) is 0.690. The van der Waals surface area contributed by atoms with E-state index in [1.54, 1.807) is 32.9 Å². The van der Waals surface area contributed by atoms with Crippen LogP contribution in [0.1, 0.15) is 20.8 Å². The van der Waals surface area contributed by atoms with E-state index in [0.29, 0.717) is 26.9 Å². The Balaban J connectivity index is 1.78. The zero-order valence-electron chi connectivity index (χ0n) is 14.7. The average Bonchev–Trinajstić information content (AvgIpc) is 2.94. The van der Waals surface area contributed by atoms with Crippen molar-refractivity contribution in [3.8, 4) is 17.0 Å². The zero-order chi connectivity index (χ0) is 19.6. The van der Waals surface area contributed by atoms with Crippen molar-refractivity contribution in [3.63, 3.8) is 0 Å². The summed E-state index contributed by atoms with van der Waals surface area (Å²) in [6, 6.07) is 6.06. The van der Waals surface area contributed by atoms with Crippen molar-refractivity contribution in [2.24, 2.45) is 0 Å². The number of aromatic nitrogens is 3. The highest BCUT2D eigenvalue weighted by atomic mass is 32.1. The highest BCUT2D eigenvalue weighted by Gasteiger charge is 2.18. The van der Waals surface area contributed by atoms with Crippen LogP contribution in [-0.4, -0.2) is 33.3 Å². The molecule has 2 aromatic heterocycles. The van der Waals surface area contributed by atoms with E-state index in [1.807, 2.05) is 0 Å². The molecular weight excluding hydrogens is 378 g/mol. The van der Waals surface area contributed by atoms with Gasteiger partial charge in [0.1, 0.15) is 11.4 Å². The minimum absolute atomic E-state index is 0.0597. The van der Waals surface area contributed by atoms with Gasteiger partial charge in [-0.25, -0.2) is 14.8 Å². The highest BCUT2D eigenvalue weighted by Crippen LogP contribution is 2.27. The summed E-state index contributed by atoms with van der Waals surface area (Å²) >= 11 is 1.15. The molecule has 0 atom stereocenters. The molecule has 0 aliphatic heterocycles. The number of halogens is 2. The van der Waals surface area contributed by atoms with Crippen molar-refractivity contribution in [1.29, 1.82) is 0 Å². The Kier molecular flexibility index (Phi) is 5.17. The molecule has 0 fully saturated rings. The lowest BCUT2D eigenvalue weighted by Gasteiger charge is -2.18. The van der Waals surface area contributed by atoms with Crippen molar-refractivity contribution in [2.75, 3.05) is 5.32 Å². The van der Waals surface area contributed by atoms with Crippen LogP contribution in [-0.2, 0) is 4.74 Å². The third-order valence-electron chi connectivity index (χ3n) is 3.11. The van der Waals surface area contributed by atoms with Crippen LogP contribution >= 0.6 is 11.3 Å². The number of nitrogens with one attached hydrogen (secondary N) is 1. The van der Waals surface area contributed by atoms with Crippen LogP contribution in [0.5, 0.6) is 5.75 Å². The first-order valence-electron chi connectivity index (χ1n) is 7.88. The monoisotopic (exact) mass is 394 g/mol. The standard InChI is InChI=1S/C17H16F2N4O3S/c1-17(2,3)26-16(24)23-15-22-12-13(27-15)21-11(8-20-12)9-4-6-10(7-5-9)25-14(18)19/h4-8,14H,1-3H3,(H,20,22,23,24). The molecule has 0 aliphatic rings. The summed E-state index contributed by atoms with van der Waals surface area (Å²) in [5.74, 6) is 0.0597. The first kappa shape index (κ1) is 18.9. The maximum absolute atomic E-state index is 12.2. The maximum Gasteiger partial charge on any atom is 0.413 e. The Labute approximate surface area is 157 Å². The topological polar surface area (TPSA) is 86.2 Å². The van der Waals surface area contributed by atoms with Gasteiger partial charge in [0.2, 0.25) is 0 Å². The fourth-order valence-electron chi connectivity index (χ4n) is 2.11. The molecule has 0 spiro atoms. The summed E-state index contributed by atoms with van der Waals surface area (Å²) in [5, 5.41) is 2.87. The van der Waals surface area contributed by atoms with Gasteiger partial charge in [-0.15, -0.1) is 0 Å². The molecule has 1 aromatic carbocycles. The first-order valence-corrected chi connectivity index (χ1v) is 8.70. The molecule has 0 unspecified atom stereocenters. The van der Waals surface area contributed by atoms with Crippen molar-refractivity contribution in [3.05, 3.63) is 30.5 Å². The molecular formula is C17H16F2N4O3S. The van der Waals surface area contributed by atoms with E-state index in [1.165, 1.54) is 18.3 Å². The fraction of sp³-hybridized carbons (Fsp3) is 0.294. The number of carbonyl (C=O) groups excluding carboxylic acids is 1. The van der Waals surface area contributed by atoms with E-state index in [2.05, 4.69) is 25.0 Å². The first-order chi connectivity index (χ1) is 12.7. The molecule has 0 saturated carbocycles. The minimum Gasteiger partial charge on any atom is -0.444 e. The number of hydrogen-bond acceptors (Lipinski definition) is 7. The number of ether oxygens (including phenoxy) is 2. The second kappa shape index (κ2) is 7.39. The third kappa shape index (κ3) is 5.07. The van der Waals surface area contributed by atoms with Gasteiger partial charge in [0, 0.05) is 5.56 Å². The smallest absolute Gasteiger partial charge is 0.413 e. The van der Waals surface area contributed by atoms with Crippen LogP contribution in [0, 0.1) is 0 Å². The molecule has 0 aliphatic carbocycles. The highest BCUT2D eigenvalue weighted by molar-refractivity contribution is 7.21. The Morgan fingerprint density at radius 1 is 1.19 bits per heavy atom. The van der Waals surface area contributed by atoms with Gasteiger partial charge in [-0.05, 0) is 45.0 Å². The van der Waals surface area contributed by atoms with E-state index in [4.69, 9.17) is 4.74 Å². The van der Waals surface area contributed by atoms with E-state index in [0.717, 1.165) is 11.3 Å². The van der Waals surface area contributed by atoms with Crippen molar-refractivity contribution in [2.45, 2.75) is 33.0 Å². The molecule has 7 nitrogen and oxygen atoms in total. The zero-order valence-corrected chi connectivity index (χ0v) is 15.5. The Morgan fingerprint density at radius 2 is 1.89 bits per heavy atom. The molecule has 0 bridgehead atoms. The maximum atomic E-state index is 12.2. The van der Waals surface area contributed by atoms with Gasteiger partial charge in [0.25, 0.3) is 0 Å². The van der Waals surface area contributed by atoms with Crippen LogP contribution in [0.15, 0.2) is 30.5 Å². The number of fused-ring (bicyclic) bond motifs is 1. The molecule has 27 heavy (non-hydrogen) atoms. The Hall–Kier alpha value is -2.88. The van der Waals surface area contributed by atoms with Gasteiger partial charge in [0.15, 0.2) is 15.6 Å². The van der Waals surface area contributed by atoms with E-state index < -0.39 is 18.3 Å². The van der Waals surface area contributed by atoms with Crippen molar-refractivity contribution in [1.82, 2.24) is 15.0 Å². The number of benzene rings is 1. The lowest BCUT2D eigenvalue weighted by molar-refractivity contribution is -0.0498. The summed E-state index contributed by atoms with van der Waals surface area (Å²) in [6.45, 7) is 2.41. The third-order valence-corrected chi connectivity index (χ3v) is 3.96. The summed E-state index contributed by atoms with van der Waals surface area (Å²) in [7, 11) is 0. The van der Waals surface area contributed by atoms with Crippen LogP contribution in [0.4, 0.5) is 18.7 Å². The van der Waals surface area contributed by atoms with Crippen molar-refractivity contribution < 1.29 is 23.0 Å². The van der Waals surface area contributed by atoms with E-state index in [9.17, 15) is 13.6 Å². The molecule has 2 heterocycles. The lowest BCUT2D eigenvalue weighted by atomic mass is 10.1. The minimum atomic E-state index is -2.87. The molecule has 0 saturated heterocycles. The second-order valence-electron chi connectivity index (χ2n) is 6.43. The van der Waals surface area contributed by atoms with Gasteiger partial charge in [0.05, 0.1) is 11.9 Å². The van der Waals surface area contributed by atoms with Gasteiger partial charge < -0.3 is 9.47 Å². The number of hydrogen-bond donors (Lipinski definition) is 1. The molecule has 142 valence electrons. The number of nitrogens with zero attached hydrogens (tertiary/aromatic N) is 3. The van der Waals surface area contributed by atoms with Crippen LogP contribution in [0.25, 0.3) is 21.7 Å². The second-order valence-corrected chi connectivity index (χ2v) is 7.41. The average molecular weight is 394 g/mol. The molecule has 3 aromatic rings. The molecule has 1 N–H and O–H groups in total. The van der Waals surface area contributed by atoms with Gasteiger partial charge in [-0.2, -0.15) is 13.8 Å². The van der Waals surface area contributed by atoms with Gasteiger partial charge >= 0.3 is 12.7 Å². The van der Waals surface area contributed by atoms with Gasteiger partial charge in [-0.3, -0.25) is 5.32 Å².